The van der Waals surface area contributed by atoms with E-state index in [0.717, 1.165) is 19.0 Å². The quantitative estimate of drug-likeness (QED) is 0.411. The molecule has 0 aromatic carbocycles. The minimum Gasteiger partial charge on any atom is -0.399 e. The zero-order valence-electron chi connectivity index (χ0n) is 9.83. The van der Waals surface area contributed by atoms with Crippen molar-refractivity contribution in [3.63, 3.8) is 0 Å². The first-order valence-electron chi connectivity index (χ1n) is 5.50. The molecule has 7 nitrogen and oxygen atoms in total. The smallest absolute Gasteiger partial charge is 0.308 e. The first-order valence-corrected chi connectivity index (χ1v) is 5.50. The molecule has 0 bridgehead atoms. The fraction of sp³-hybridized carbons (Fsp3) is 0.700. The summed E-state index contributed by atoms with van der Waals surface area (Å²) in [6.45, 7) is 0.487. The highest BCUT2D eigenvalue weighted by molar-refractivity contribution is 6.01. The minimum atomic E-state index is -0.545. The molecule has 1 fully saturated rings. The Kier molecular flexibility index (Phi) is 5.05. The van der Waals surface area contributed by atoms with Gasteiger partial charge in [-0.05, 0) is 19.3 Å². The zero-order valence-corrected chi connectivity index (χ0v) is 9.83. The van der Waals surface area contributed by atoms with Crippen LogP contribution in [0.4, 0.5) is 0 Å². The van der Waals surface area contributed by atoms with Gasteiger partial charge in [-0.25, -0.2) is 0 Å². The van der Waals surface area contributed by atoms with Crippen molar-refractivity contribution < 1.29 is 9.66 Å². The van der Waals surface area contributed by atoms with Gasteiger partial charge in [0.1, 0.15) is 11.8 Å². The molecule has 1 rings (SSSR count). The largest absolute Gasteiger partial charge is 0.399 e. The summed E-state index contributed by atoms with van der Waals surface area (Å²) in [5.74, 6) is 0. The van der Waals surface area contributed by atoms with Crippen LogP contribution in [0.5, 0.6) is 0 Å². The van der Waals surface area contributed by atoms with E-state index >= 15 is 0 Å². The first kappa shape index (κ1) is 13.6. The van der Waals surface area contributed by atoms with Crippen LogP contribution in [0.3, 0.4) is 0 Å². The van der Waals surface area contributed by atoms with Crippen LogP contribution < -0.4 is 11.5 Å². The number of ether oxygens (including phenoxy) is 1. The van der Waals surface area contributed by atoms with E-state index in [0.29, 0.717) is 13.0 Å². The first-order chi connectivity index (χ1) is 8.10. The Morgan fingerprint density at radius 1 is 1.53 bits per heavy atom. The monoisotopic (exact) mass is 242 g/mol. The van der Waals surface area contributed by atoms with Gasteiger partial charge in [0.15, 0.2) is 0 Å². The minimum absolute atomic E-state index is 0.0824. The lowest BCUT2D eigenvalue weighted by Gasteiger charge is -2.15. The van der Waals surface area contributed by atoms with E-state index < -0.39 is 11.0 Å². The Balaban J connectivity index is 2.84. The summed E-state index contributed by atoms with van der Waals surface area (Å²) >= 11 is 0. The van der Waals surface area contributed by atoms with Gasteiger partial charge in [-0.1, -0.05) is 0 Å². The molecule has 0 saturated carbocycles. The van der Waals surface area contributed by atoms with Crippen LogP contribution in [0.15, 0.2) is 16.9 Å². The zero-order chi connectivity index (χ0) is 12.8. The number of hydrogen-bond acceptors (Lipinski definition) is 6. The topological polar surface area (TPSA) is 117 Å². The summed E-state index contributed by atoms with van der Waals surface area (Å²) in [7, 11) is 1.50. The summed E-state index contributed by atoms with van der Waals surface area (Å²) in [6, 6.07) is 0.0824. The molecule has 7 heteroatoms. The Morgan fingerprint density at radius 2 is 2.24 bits per heavy atom. The fourth-order valence-electron chi connectivity index (χ4n) is 1.83. The van der Waals surface area contributed by atoms with Crippen LogP contribution >= 0.6 is 0 Å². The average molecular weight is 242 g/mol. The summed E-state index contributed by atoms with van der Waals surface area (Å²) in [5.41, 5.74) is 11.2. The lowest BCUT2D eigenvalue weighted by atomic mass is 10.0. The second kappa shape index (κ2) is 6.31. The van der Waals surface area contributed by atoms with Gasteiger partial charge in [-0.15, -0.1) is 0 Å². The average Bonchev–Trinajstić information content (AvgIpc) is 2.50. The second-order valence-electron chi connectivity index (χ2n) is 3.90. The van der Waals surface area contributed by atoms with Gasteiger partial charge >= 0.3 is 5.70 Å². The number of nitro groups is 1. The Hall–Kier alpha value is -1.47. The molecule has 17 heavy (non-hydrogen) atoms. The highest BCUT2D eigenvalue weighted by Gasteiger charge is 2.29. The van der Waals surface area contributed by atoms with Gasteiger partial charge in [-0.3, -0.25) is 15.1 Å². The van der Waals surface area contributed by atoms with Crippen LogP contribution in [0.25, 0.3) is 0 Å². The third kappa shape index (κ3) is 3.50. The standard InChI is InChI=1S/C10H18N4O3/c1-13-10(8(6-11)14(15)16)9-3-2-7(12)4-5-17-9/h6-7,9H,2-5,11-12H2,1H3. The van der Waals surface area contributed by atoms with Crippen LogP contribution in [0.2, 0.25) is 0 Å². The van der Waals surface area contributed by atoms with Crippen molar-refractivity contribution in [3.8, 4) is 0 Å². The molecule has 1 aliphatic heterocycles. The molecule has 0 aromatic heterocycles. The van der Waals surface area contributed by atoms with E-state index in [1.165, 1.54) is 7.05 Å². The van der Waals surface area contributed by atoms with E-state index in [4.69, 9.17) is 16.2 Å². The molecule has 1 heterocycles. The van der Waals surface area contributed by atoms with Crippen molar-refractivity contribution in [1.29, 1.82) is 0 Å². The highest BCUT2D eigenvalue weighted by atomic mass is 16.6. The summed E-state index contributed by atoms with van der Waals surface area (Å²) < 4.78 is 5.55. The molecular weight excluding hydrogens is 224 g/mol. The molecule has 96 valence electrons. The highest BCUT2D eigenvalue weighted by Crippen LogP contribution is 2.17. The third-order valence-corrected chi connectivity index (χ3v) is 2.77. The lowest BCUT2D eigenvalue weighted by molar-refractivity contribution is -0.415. The maximum atomic E-state index is 10.8. The van der Waals surface area contributed by atoms with Crippen LogP contribution in [0, 0.1) is 10.1 Å². The fourth-order valence-corrected chi connectivity index (χ4v) is 1.83. The van der Waals surface area contributed by atoms with E-state index in [2.05, 4.69) is 4.99 Å². The molecule has 0 aromatic rings. The van der Waals surface area contributed by atoms with Gasteiger partial charge in [0.05, 0.1) is 11.1 Å². The molecule has 0 amide bonds. The number of nitrogens with two attached hydrogens (primary N) is 2. The van der Waals surface area contributed by atoms with Crippen molar-refractivity contribution in [2.75, 3.05) is 13.7 Å². The number of rotatable bonds is 3. The molecule has 2 unspecified atom stereocenters. The van der Waals surface area contributed by atoms with Gasteiger partial charge in [0.2, 0.25) is 0 Å². The summed E-state index contributed by atoms with van der Waals surface area (Å²) in [4.78, 5) is 14.2. The predicted molar refractivity (Wildman–Crippen MR) is 64.2 cm³/mol. The van der Waals surface area contributed by atoms with Crippen molar-refractivity contribution in [1.82, 2.24) is 0 Å². The molecule has 2 atom stereocenters. The van der Waals surface area contributed by atoms with Crippen molar-refractivity contribution in [3.05, 3.63) is 22.0 Å². The van der Waals surface area contributed by atoms with E-state index in [-0.39, 0.29) is 17.5 Å². The van der Waals surface area contributed by atoms with Crippen LogP contribution in [-0.4, -0.2) is 36.4 Å². The molecule has 1 aliphatic rings. The number of aliphatic imine (C=N–C) groups is 1. The Labute approximate surface area is 99.7 Å². The summed E-state index contributed by atoms with van der Waals surface area (Å²) in [5, 5.41) is 10.8. The molecule has 4 N–H and O–H groups in total. The van der Waals surface area contributed by atoms with Crippen molar-refractivity contribution >= 4 is 5.71 Å². The van der Waals surface area contributed by atoms with Gasteiger partial charge < -0.3 is 16.2 Å². The molecule has 0 spiro atoms. The van der Waals surface area contributed by atoms with Gasteiger partial charge in [0.25, 0.3) is 0 Å². The maximum Gasteiger partial charge on any atom is 0.308 e. The lowest BCUT2D eigenvalue weighted by Crippen LogP contribution is -2.29. The molecule has 1 saturated heterocycles. The third-order valence-electron chi connectivity index (χ3n) is 2.77. The Morgan fingerprint density at radius 3 is 2.76 bits per heavy atom. The number of hydrogen-bond donors (Lipinski definition) is 2. The summed E-state index contributed by atoms with van der Waals surface area (Å²) in [6.07, 6.45) is 2.70. The predicted octanol–water partition coefficient (Wildman–Crippen LogP) is 0.0304. The van der Waals surface area contributed by atoms with Gasteiger partial charge in [-0.2, -0.15) is 0 Å². The molecular formula is C10H18N4O3. The maximum absolute atomic E-state index is 10.8. The van der Waals surface area contributed by atoms with Crippen LogP contribution in [0.1, 0.15) is 19.3 Å². The Bertz CT molecular complexity index is 340. The van der Waals surface area contributed by atoms with Crippen molar-refractivity contribution in [2.24, 2.45) is 16.5 Å². The van der Waals surface area contributed by atoms with Crippen LogP contribution in [-0.2, 0) is 4.74 Å². The van der Waals surface area contributed by atoms with E-state index in [9.17, 15) is 10.1 Å². The molecule has 0 radical (unpaired) electrons. The van der Waals surface area contributed by atoms with E-state index in [1.54, 1.807) is 0 Å². The second-order valence-corrected chi connectivity index (χ2v) is 3.90. The van der Waals surface area contributed by atoms with E-state index in [1.807, 2.05) is 0 Å². The van der Waals surface area contributed by atoms with Gasteiger partial charge in [0, 0.05) is 19.7 Å². The van der Waals surface area contributed by atoms with Crippen molar-refractivity contribution in [2.45, 2.75) is 31.4 Å². The normalized spacial score (nSPS) is 27.6. The SMILES string of the molecule is CN=C(C(=CN)[N+](=O)[O-])C1CCC(N)CCO1. The molecule has 0 aliphatic carbocycles. The number of nitrogens with zero attached hydrogens (tertiary/aromatic N) is 2.